The van der Waals surface area contributed by atoms with E-state index < -0.39 is 0 Å². The second kappa shape index (κ2) is 3.00. The molecule has 4 atom stereocenters. The van der Waals surface area contributed by atoms with E-state index in [9.17, 15) is 0 Å². The van der Waals surface area contributed by atoms with E-state index in [1.165, 1.54) is 12.0 Å². The van der Waals surface area contributed by atoms with Crippen LogP contribution in [0.3, 0.4) is 0 Å². The van der Waals surface area contributed by atoms with Crippen LogP contribution in [0, 0.1) is 23.7 Å². The van der Waals surface area contributed by atoms with Crippen molar-refractivity contribution in [2.75, 3.05) is 0 Å². The number of hydrogen-bond acceptors (Lipinski definition) is 0. The van der Waals surface area contributed by atoms with Crippen LogP contribution in [-0.2, 0) is 0 Å². The Bertz CT molecular complexity index is 141. The molecule has 4 unspecified atom stereocenters. The first-order valence-corrected chi connectivity index (χ1v) is 4.72. The third kappa shape index (κ3) is 1.50. The Morgan fingerprint density at radius 3 is 1.73 bits per heavy atom. The van der Waals surface area contributed by atoms with E-state index in [-0.39, 0.29) is 0 Å². The van der Waals surface area contributed by atoms with Gasteiger partial charge < -0.3 is 0 Å². The predicted molar refractivity (Wildman–Crippen MR) is 50.4 cm³/mol. The molecule has 0 saturated heterocycles. The van der Waals surface area contributed by atoms with Gasteiger partial charge in [-0.05, 0) is 30.1 Å². The van der Waals surface area contributed by atoms with Crippen LogP contribution in [0.5, 0.6) is 0 Å². The average molecular weight is 152 g/mol. The van der Waals surface area contributed by atoms with Crippen molar-refractivity contribution in [3.8, 4) is 0 Å². The molecule has 0 amide bonds. The van der Waals surface area contributed by atoms with Crippen LogP contribution in [0.1, 0.15) is 34.1 Å². The summed E-state index contributed by atoms with van der Waals surface area (Å²) >= 11 is 0. The molecule has 0 aromatic carbocycles. The van der Waals surface area contributed by atoms with Crippen molar-refractivity contribution in [3.05, 3.63) is 12.2 Å². The Hall–Kier alpha value is -0.260. The Kier molecular flexibility index (Phi) is 2.41. The van der Waals surface area contributed by atoms with E-state index in [2.05, 4.69) is 34.3 Å². The van der Waals surface area contributed by atoms with Gasteiger partial charge in [-0.15, -0.1) is 0 Å². The van der Waals surface area contributed by atoms with Gasteiger partial charge in [-0.3, -0.25) is 0 Å². The highest BCUT2D eigenvalue weighted by atomic mass is 14.3. The van der Waals surface area contributed by atoms with E-state index in [1.807, 2.05) is 0 Å². The SMILES string of the molecule is C=C1C(C)C(C)CC(C)C1C. The van der Waals surface area contributed by atoms with Crippen LogP contribution < -0.4 is 0 Å². The van der Waals surface area contributed by atoms with Crippen LogP contribution in [0.2, 0.25) is 0 Å². The second-order valence-electron chi connectivity index (χ2n) is 4.34. The molecular formula is C11H20. The second-order valence-corrected chi connectivity index (χ2v) is 4.34. The molecule has 1 fully saturated rings. The summed E-state index contributed by atoms with van der Waals surface area (Å²) in [6.45, 7) is 13.5. The Morgan fingerprint density at radius 1 is 1.00 bits per heavy atom. The summed E-state index contributed by atoms with van der Waals surface area (Å²) in [5.74, 6) is 3.16. The van der Waals surface area contributed by atoms with Gasteiger partial charge in [-0.1, -0.05) is 39.8 Å². The van der Waals surface area contributed by atoms with Gasteiger partial charge in [0.05, 0.1) is 0 Å². The average Bonchev–Trinajstić information content (AvgIpc) is 1.97. The molecule has 1 rings (SSSR count). The normalized spacial score (nSPS) is 46.0. The molecule has 1 aliphatic carbocycles. The largest absolute Gasteiger partial charge is 0.0993 e. The lowest BCUT2D eigenvalue weighted by Crippen LogP contribution is -2.27. The van der Waals surface area contributed by atoms with Crippen molar-refractivity contribution >= 4 is 0 Å². The summed E-state index contributed by atoms with van der Waals surface area (Å²) in [5, 5.41) is 0. The Balaban J connectivity index is 2.71. The lowest BCUT2D eigenvalue weighted by molar-refractivity contribution is 0.229. The molecule has 0 aliphatic heterocycles. The topological polar surface area (TPSA) is 0 Å². The maximum atomic E-state index is 4.18. The summed E-state index contributed by atoms with van der Waals surface area (Å²) in [6.07, 6.45) is 1.38. The molecule has 1 aliphatic rings. The summed E-state index contributed by atoms with van der Waals surface area (Å²) in [7, 11) is 0. The first kappa shape index (κ1) is 8.83. The van der Waals surface area contributed by atoms with Crippen LogP contribution in [-0.4, -0.2) is 0 Å². The smallest absolute Gasteiger partial charge is 0.0206 e. The number of allylic oxidation sites excluding steroid dienone is 1. The minimum absolute atomic E-state index is 0.737. The fourth-order valence-corrected chi connectivity index (χ4v) is 2.14. The third-order valence-corrected chi connectivity index (χ3v) is 3.62. The maximum absolute atomic E-state index is 4.18. The van der Waals surface area contributed by atoms with Crippen LogP contribution in [0.4, 0.5) is 0 Å². The minimum Gasteiger partial charge on any atom is -0.0993 e. The van der Waals surface area contributed by atoms with Gasteiger partial charge in [0.25, 0.3) is 0 Å². The van der Waals surface area contributed by atoms with Crippen molar-refractivity contribution in [3.63, 3.8) is 0 Å². The highest BCUT2D eigenvalue weighted by molar-refractivity contribution is 5.09. The molecule has 0 radical (unpaired) electrons. The summed E-state index contributed by atoms with van der Waals surface area (Å²) in [4.78, 5) is 0. The van der Waals surface area contributed by atoms with Gasteiger partial charge in [0, 0.05) is 0 Å². The van der Waals surface area contributed by atoms with E-state index in [1.54, 1.807) is 0 Å². The van der Waals surface area contributed by atoms with Gasteiger partial charge in [-0.2, -0.15) is 0 Å². The first-order chi connectivity index (χ1) is 5.04. The van der Waals surface area contributed by atoms with Crippen molar-refractivity contribution < 1.29 is 0 Å². The van der Waals surface area contributed by atoms with Crippen molar-refractivity contribution in [1.82, 2.24) is 0 Å². The predicted octanol–water partition coefficient (Wildman–Crippen LogP) is 3.49. The minimum atomic E-state index is 0.737. The van der Waals surface area contributed by atoms with Gasteiger partial charge in [-0.25, -0.2) is 0 Å². The number of hydrogen-bond donors (Lipinski definition) is 0. The van der Waals surface area contributed by atoms with Gasteiger partial charge >= 0.3 is 0 Å². The molecule has 0 heteroatoms. The lowest BCUT2D eigenvalue weighted by atomic mass is 9.68. The molecular weight excluding hydrogens is 132 g/mol. The Morgan fingerprint density at radius 2 is 1.36 bits per heavy atom. The quantitative estimate of drug-likeness (QED) is 0.466. The van der Waals surface area contributed by atoms with Crippen LogP contribution >= 0.6 is 0 Å². The van der Waals surface area contributed by atoms with E-state index in [0.29, 0.717) is 0 Å². The van der Waals surface area contributed by atoms with Gasteiger partial charge in [0.2, 0.25) is 0 Å². The monoisotopic (exact) mass is 152 g/mol. The maximum Gasteiger partial charge on any atom is -0.0206 e. The molecule has 0 aromatic heterocycles. The summed E-state index contributed by atoms with van der Waals surface area (Å²) < 4.78 is 0. The summed E-state index contributed by atoms with van der Waals surface area (Å²) in [5.41, 5.74) is 1.47. The zero-order chi connectivity index (χ0) is 8.59. The van der Waals surface area contributed by atoms with Gasteiger partial charge in [0.15, 0.2) is 0 Å². The zero-order valence-electron chi connectivity index (χ0n) is 8.22. The fraction of sp³-hybridized carbons (Fsp3) is 0.818. The van der Waals surface area contributed by atoms with E-state index >= 15 is 0 Å². The van der Waals surface area contributed by atoms with Crippen LogP contribution in [0.15, 0.2) is 12.2 Å². The van der Waals surface area contributed by atoms with Crippen molar-refractivity contribution in [2.24, 2.45) is 23.7 Å². The van der Waals surface area contributed by atoms with E-state index in [0.717, 1.165) is 23.7 Å². The fourth-order valence-electron chi connectivity index (χ4n) is 2.14. The highest BCUT2D eigenvalue weighted by Gasteiger charge is 2.30. The molecule has 1 saturated carbocycles. The van der Waals surface area contributed by atoms with Crippen molar-refractivity contribution in [1.29, 1.82) is 0 Å². The lowest BCUT2D eigenvalue weighted by Gasteiger charge is -2.37. The third-order valence-electron chi connectivity index (χ3n) is 3.62. The molecule has 11 heavy (non-hydrogen) atoms. The molecule has 0 bridgehead atoms. The first-order valence-electron chi connectivity index (χ1n) is 4.72. The summed E-state index contributed by atoms with van der Waals surface area (Å²) in [6, 6.07) is 0. The van der Waals surface area contributed by atoms with Crippen molar-refractivity contribution in [2.45, 2.75) is 34.1 Å². The molecule has 0 spiro atoms. The number of rotatable bonds is 0. The molecule has 0 aromatic rings. The molecule has 0 heterocycles. The zero-order valence-corrected chi connectivity index (χ0v) is 8.22. The van der Waals surface area contributed by atoms with E-state index in [4.69, 9.17) is 0 Å². The van der Waals surface area contributed by atoms with Gasteiger partial charge in [0.1, 0.15) is 0 Å². The standard InChI is InChI=1S/C11H20/c1-7-6-8(2)10(4)11(5)9(7)3/h7-10H,5-6H2,1-4H3. The molecule has 0 nitrogen and oxygen atoms in total. The highest BCUT2D eigenvalue weighted by Crippen LogP contribution is 2.40. The van der Waals surface area contributed by atoms with Crippen LogP contribution in [0.25, 0.3) is 0 Å². The Labute approximate surface area is 70.7 Å². The molecule has 64 valence electrons. The molecule has 0 N–H and O–H groups in total.